The molecule has 0 aromatic rings. The van der Waals surface area contributed by atoms with E-state index < -0.39 is 5.60 Å². The molecule has 0 saturated heterocycles. The van der Waals surface area contributed by atoms with E-state index in [1.165, 1.54) is 12.8 Å². The zero-order valence-electron chi connectivity index (χ0n) is 10.2. The molecule has 3 N–H and O–H groups in total. The number of hydrogen-bond acceptors (Lipinski definition) is 2. The molecule has 0 radical (unpaired) electrons. The summed E-state index contributed by atoms with van der Waals surface area (Å²) in [4.78, 5) is 0. The van der Waals surface area contributed by atoms with Gasteiger partial charge in [0.25, 0.3) is 0 Å². The minimum absolute atomic E-state index is 0.326. The summed E-state index contributed by atoms with van der Waals surface area (Å²) in [6.45, 7) is 8.08. The van der Waals surface area contributed by atoms with Crippen molar-refractivity contribution in [2.45, 2.75) is 71.4 Å². The normalized spacial score (nSPS) is 16.7. The summed E-state index contributed by atoms with van der Waals surface area (Å²) >= 11 is 0. The van der Waals surface area contributed by atoms with Gasteiger partial charge in [0, 0.05) is 6.04 Å². The van der Waals surface area contributed by atoms with Gasteiger partial charge in [-0.1, -0.05) is 19.8 Å². The molecule has 0 spiro atoms. The highest BCUT2D eigenvalue weighted by molar-refractivity contribution is 4.66. The number of nitrogens with two attached hydrogens (primary N) is 1. The SMILES string of the molecule is CC(N)CCC(C)CCCC(C)(C)O. The molecular formula is C12H27NO. The van der Waals surface area contributed by atoms with Crippen molar-refractivity contribution in [2.75, 3.05) is 0 Å². The van der Waals surface area contributed by atoms with Crippen LogP contribution in [0.5, 0.6) is 0 Å². The van der Waals surface area contributed by atoms with Crippen LogP contribution in [-0.2, 0) is 0 Å². The minimum Gasteiger partial charge on any atom is -0.390 e. The van der Waals surface area contributed by atoms with Crippen molar-refractivity contribution >= 4 is 0 Å². The van der Waals surface area contributed by atoms with Crippen molar-refractivity contribution in [2.24, 2.45) is 11.7 Å². The Kier molecular flexibility index (Phi) is 6.38. The quantitative estimate of drug-likeness (QED) is 0.665. The fraction of sp³-hybridized carbons (Fsp3) is 1.00. The third kappa shape index (κ3) is 10.0. The molecule has 0 aromatic heterocycles. The second kappa shape index (κ2) is 6.41. The molecule has 2 heteroatoms. The third-order valence-corrected chi connectivity index (χ3v) is 2.60. The highest BCUT2D eigenvalue weighted by Gasteiger charge is 2.12. The van der Waals surface area contributed by atoms with Gasteiger partial charge in [-0.25, -0.2) is 0 Å². The van der Waals surface area contributed by atoms with Crippen molar-refractivity contribution < 1.29 is 5.11 Å². The second-order valence-electron chi connectivity index (χ2n) is 5.36. The summed E-state index contributed by atoms with van der Waals surface area (Å²) in [6, 6.07) is 0.326. The van der Waals surface area contributed by atoms with Gasteiger partial charge >= 0.3 is 0 Å². The van der Waals surface area contributed by atoms with Gasteiger partial charge in [0.1, 0.15) is 0 Å². The van der Waals surface area contributed by atoms with Gasteiger partial charge in [0.2, 0.25) is 0 Å². The van der Waals surface area contributed by atoms with E-state index in [4.69, 9.17) is 5.73 Å². The van der Waals surface area contributed by atoms with Crippen molar-refractivity contribution in [3.63, 3.8) is 0 Å². The molecule has 2 nitrogen and oxygen atoms in total. The van der Waals surface area contributed by atoms with Crippen LogP contribution in [0.1, 0.15) is 59.8 Å². The first kappa shape index (κ1) is 13.9. The van der Waals surface area contributed by atoms with Gasteiger partial charge in [-0.3, -0.25) is 0 Å². The van der Waals surface area contributed by atoms with E-state index in [1.54, 1.807) is 0 Å². The van der Waals surface area contributed by atoms with Crippen LogP contribution >= 0.6 is 0 Å². The lowest BCUT2D eigenvalue weighted by Crippen LogP contribution is -2.19. The van der Waals surface area contributed by atoms with Gasteiger partial charge in [-0.05, 0) is 46.0 Å². The van der Waals surface area contributed by atoms with Gasteiger partial charge in [-0.15, -0.1) is 0 Å². The molecule has 0 heterocycles. The number of hydrogen-bond donors (Lipinski definition) is 2. The summed E-state index contributed by atoms with van der Waals surface area (Å²) in [6.07, 6.45) is 5.54. The van der Waals surface area contributed by atoms with Crippen LogP contribution in [0.15, 0.2) is 0 Å². The Morgan fingerprint density at radius 3 is 2.14 bits per heavy atom. The van der Waals surface area contributed by atoms with E-state index in [0.29, 0.717) is 6.04 Å². The summed E-state index contributed by atoms with van der Waals surface area (Å²) < 4.78 is 0. The van der Waals surface area contributed by atoms with Crippen molar-refractivity contribution in [1.29, 1.82) is 0 Å². The van der Waals surface area contributed by atoms with Gasteiger partial charge in [0.15, 0.2) is 0 Å². The van der Waals surface area contributed by atoms with Gasteiger partial charge in [-0.2, -0.15) is 0 Å². The van der Waals surface area contributed by atoms with Crippen LogP contribution in [0.2, 0.25) is 0 Å². The van der Waals surface area contributed by atoms with E-state index in [2.05, 4.69) is 13.8 Å². The van der Waals surface area contributed by atoms with E-state index in [9.17, 15) is 5.11 Å². The average molecular weight is 201 g/mol. The topological polar surface area (TPSA) is 46.2 Å². The van der Waals surface area contributed by atoms with Gasteiger partial charge < -0.3 is 10.8 Å². The standard InChI is InChI=1S/C12H27NO/c1-10(7-8-11(2)13)6-5-9-12(3,4)14/h10-11,14H,5-9,13H2,1-4H3. The lowest BCUT2D eigenvalue weighted by molar-refractivity contribution is 0.0668. The number of rotatable bonds is 7. The molecule has 0 saturated carbocycles. The molecule has 14 heavy (non-hydrogen) atoms. The lowest BCUT2D eigenvalue weighted by atomic mass is 9.93. The highest BCUT2D eigenvalue weighted by atomic mass is 16.3. The lowest BCUT2D eigenvalue weighted by Gasteiger charge is -2.18. The summed E-state index contributed by atoms with van der Waals surface area (Å²) in [5.41, 5.74) is 5.20. The van der Waals surface area contributed by atoms with Crippen LogP contribution in [0.25, 0.3) is 0 Å². The van der Waals surface area contributed by atoms with E-state index in [0.717, 1.165) is 25.2 Å². The molecule has 86 valence electrons. The first-order valence-corrected chi connectivity index (χ1v) is 5.79. The molecule has 0 amide bonds. The van der Waals surface area contributed by atoms with Crippen molar-refractivity contribution in [1.82, 2.24) is 0 Å². The fourth-order valence-corrected chi connectivity index (χ4v) is 1.57. The average Bonchev–Trinajstić information content (AvgIpc) is 1.98. The Morgan fingerprint density at radius 1 is 1.14 bits per heavy atom. The molecule has 2 unspecified atom stereocenters. The van der Waals surface area contributed by atoms with Crippen molar-refractivity contribution in [3.8, 4) is 0 Å². The third-order valence-electron chi connectivity index (χ3n) is 2.60. The molecule has 0 aliphatic carbocycles. The fourth-order valence-electron chi connectivity index (χ4n) is 1.57. The predicted molar refractivity (Wildman–Crippen MR) is 62.2 cm³/mol. The Hall–Kier alpha value is -0.0800. The zero-order chi connectivity index (χ0) is 11.2. The monoisotopic (exact) mass is 201 g/mol. The van der Waals surface area contributed by atoms with Crippen LogP contribution in [0.3, 0.4) is 0 Å². The number of aliphatic hydroxyl groups is 1. The van der Waals surface area contributed by atoms with Crippen LogP contribution < -0.4 is 5.73 Å². The Balaban J connectivity index is 3.40. The van der Waals surface area contributed by atoms with E-state index in [-0.39, 0.29) is 0 Å². The summed E-state index contributed by atoms with van der Waals surface area (Å²) in [7, 11) is 0. The molecule has 0 aromatic carbocycles. The Bertz CT molecular complexity index is 138. The molecule has 0 aliphatic heterocycles. The molecule has 0 rings (SSSR count). The zero-order valence-corrected chi connectivity index (χ0v) is 10.2. The maximum Gasteiger partial charge on any atom is 0.0591 e. The molecule has 2 atom stereocenters. The maximum atomic E-state index is 9.53. The van der Waals surface area contributed by atoms with E-state index in [1.807, 2.05) is 13.8 Å². The Labute approximate surface area is 88.9 Å². The van der Waals surface area contributed by atoms with Crippen LogP contribution in [-0.4, -0.2) is 16.7 Å². The molecular weight excluding hydrogens is 174 g/mol. The second-order valence-corrected chi connectivity index (χ2v) is 5.36. The summed E-state index contributed by atoms with van der Waals surface area (Å²) in [5.74, 6) is 0.739. The first-order valence-electron chi connectivity index (χ1n) is 5.79. The molecule has 0 aliphatic rings. The largest absolute Gasteiger partial charge is 0.390 e. The minimum atomic E-state index is -0.499. The first-order chi connectivity index (χ1) is 6.31. The van der Waals surface area contributed by atoms with Crippen LogP contribution in [0.4, 0.5) is 0 Å². The molecule has 0 bridgehead atoms. The van der Waals surface area contributed by atoms with E-state index >= 15 is 0 Å². The predicted octanol–water partition coefficient (Wildman–Crippen LogP) is 2.69. The highest BCUT2D eigenvalue weighted by Crippen LogP contribution is 2.18. The van der Waals surface area contributed by atoms with Gasteiger partial charge in [0.05, 0.1) is 5.60 Å². The Morgan fingerprint density at radius 2 is 1.71 bits per heavy atom. The smallest absolute Gasteiger partial charge is 0.0591 e. The maximum absolute atomic E-state index is 9.53. The summed E-state index contributed by atoms with van der Waals surface area (Å²) in [5, 5.41) is 9.53. The van der Waals surface area contributed by atoms with Crippen molar-refractivity contribution in [3.05, 3.63) is 0 Å². The van der Waals surface area contributed by atoms with Crippen LogP contribution in [0, 0.1) is 5.92 Å². The molecule has 0 fully saturated rings.